The third kappa shape index (κ3) is 4.70. The van der Waals surface area contributed by atoms with Crippen molar-refractivity contribution in [3.05, 3.63) is 34.9 Å². The predicted octanol–water partition coefficient (Wildman–Crippen LogP) is 1.80. The molecule has 0 saturated carbocycles. The van der Waals surface area contributed by atoms with Gasteiger partial charge in [-0.15, -0.1) is 0 Å². The standard InChI is InChI=1S/C16H23ClN2O2/c1-18(2)11-16(21)9-10-19(12-16)15(20)8-5-13-3-6-14(17)7-4-13/h3-4,6-7,21H,5,8-12H2,1-2H3/t16-/m0/s1. The number of β-amino-alcohol motifs (C(OH)–C–C–N with tert-alkyl or cyclic N) is 1. The molecule has 0 bridgehead atoms. The maximum Gasteiger partial charge on any atom is 0.223 e. The highest BCUT2D eigenvalue weighted by Crippen LogP contribution is 2.23. The van der Waals surface area contributed by atoms with Gasteiger partial charge in [0.05, 0.1) is 12.1 Å². The van der Waals surface area contributed by atoms with Gasteiger partial charge in [0.15, 0.2) is 0 Å². The van der Waals surface area contributed by atoms with Gasteiger partial charge in [-0.1, -0.05) is 23.7 Å². The van der Waals surface area contributed by atoms with Crippen molar-refractivity contribution in [2.75, 3.05) is 33.7 Å². The average molecular weight is 311 g/mol. The minimum Gasteiger partial charge on any atom is -0.387 e. The molecule has 116 valence electrons. The van der Waals surface area contributed by atoms with Crippen LogP contribution in [0.2, 0.25) is 5.02 Å². The Morgan fingerprint density at radius 1 is 1.38 bits per heavy atom. The molecule has 0 aliphatic carbocycles. The molecule has 5 heteroatoms. The molecule has 1 atom stereocenters. The van der Waals surface area contributed by atoms with Crippen LogP contribution in [-0.4, -0.2) is 60.1 Å². The number of halogens is 1. The topological polar surface area (TPSA) is 43.8 Å². The Morgan fingerprint density at radius 2 is 2.05 bits per heavy atom. The number of likely N-dealkylation sites (N-methyl/N-ethyl adjacent to an activating group) is 1. The van der Waals surface area contributed by atoms with E-state index in [0.29, 0.717) is 43.9 Å². The number of aliphatic hydroxyl groups is 1. The minimum absolute atomic E-state index is 0.111. The molecule has 0 aromatic heterocycles. The summed E-state index contributed by atoms with van der Waals surface area (Å²) in [6.07, 6.45) is 1.83. The molecule has 1 fully saturated rings. The smallest absolute Gasteiger partial charge is 0.223 e. The Morgan fingerprint density at radius 3 is 2.67 bits per heavy atom. The average Bonchev–Trinajstić information content (AvgIpc) is 2.79. The second-order valence-electron chi connectivity index (χ2n) is 6.15. The van der Waals surface area contributed by atoms with Gasteiger partial charge in [-0.25, -0.2) is 0 Å². The quantitative estimate of drug-likeness (QED) is 0.902. The summed E-state index contributed by atoms with van der Waals surface area (Å²) in [7, 11) is 3.87. The largest absolute Gasteiger partial charge is 0.387 e. The first-order valence-corrected chi connectivity index (χ1v) is 7.65. The van der Waals surface area contributed by atoms with Crippen molar-refractivity contribution < 1.29 is 9.90 Å². The lowest BCUT2D eigenvalue weighted by Gasteiger charge is -2.26. The van der Waals surface area contributed by atoms with Crippen LogP contribution in [0.15, 0.2) is 24.3 Å². The summed E-state index contributed by atoms with van der Waals surface area (Å²) < 4.78 is 0. The van der Waals surface area contributed by atoms with Gasteiger partial charge in [0.1, 0.15) is 0 Å². The third-order valence-electron chi connectivity index (χ3n) is 3.84. The maximum atomic E-state index is 12.2. The second-order valence-corrected chi connectivity index (χ2v) is 6.59. The molecule has 0 radical (unpaired) electrons. The number of amides is 1. The van der Waals surface area contributed by atoms with Crippen LogP contribution in [-0.2, 0) is 11.2 Å². The lowest BCUT2D eigenvalue weighted by atomic mass is 10.0. The summed E-state index contributed by atoms with van der Waals surface area (Å²) >= 11 is 5.84. The third-order valence-corrected chi connectivity index (χ3v) is 4.09. The summed E-state index contributed by atoms with van der Waals surface area (Å²) in [5, 5.41) is 11.2. The Labute approximate surface area is 131 Å². The monoisotopic (exact) mass is 310 g/mol. The molecule has 1 aromatic carbocycles. The highest BCUT2D eigenvalue weighted by molar-refractivity contribution is 6.30. The fourth-order valence-corrected chi connectivity index (χ4v) is 2.97. The molecule has 1 N–H and O–H groups in total. The number of aryl methyl sites for hydroxylation is 1. The molecule has 0 unspecified atom stereocenters. The number of benzene rings is 1. The van der Waals surface area contributed by atoms with Crippen LogP contribution in [0, 0.1) is 0 Å². The van der Waals surface area contributed by atoms with Gasteiger partial charge in [0, 0.05) is 24.5 Å². The number of carbonyl (C=O) groups is 1. The number of likely N-dealkylation sites (tertiary alicyclic amines) is 1. The maximum absolute atomic E-state index is 12.2. The van der Waals surface area contributed by atoms with E-state index < -0.39 is 5.60 Å². The Balaban J connectivity index is 1.83. The van der Waals surface area contributed by atoms with Crippen LogP contribution in [0.3, 0.4) is 0 Å². The molecular weight excluding hydrogens is 288 g/mol. The first-order chi connectivity index (χ1) is 9.88. The molecule has 1 aliphatic heterocycles. The number of nitrogens with zero attached hydrogens (tertiary/aromatic N) is 2. The van der Waals surface area contributed by atoms with Crippen molar-refractivity contribution in [2.45, 2.75) is 24.9 Å². The van der Waals surface area contributed by atoms with E-state index >= 15 is 0 Å². The van der Waals surface area contributed by atoms with E-state index in [9.17, 15) is 9.90 Å². The number of hydrogen-bond acceptors (Lipinski definition) is 3. The molecule has 1 aliphatic rings. The van der Waals surface area contributed by atoms with Gasteiger partial charge in [-0.2, -0.15) is 0 Å². The van der Waals surface area contributed by atoms with Crippen LogP contribution in [0.5, 0.6) is 0 Å². The summed E-state index contributed by atoms with van der Waals surface area (Å²) in [6.45, 7) is 1.67. The summed E-state index contributed by atoms with van der Waals surface area (Å²) in [4.78, 5) is 16.0. The Kier molecular flexibility index (Phi) is 5.25. The molecule has 1 aromatic rings. The van der Waals surface area contributed by atoms with Crippen LogP contribution in [0.25, 0.3) is 0 Å². The molecule has 21 heavy (non-hydrogen) atoms. The van der Waals surface area contributed by atoms with Gasteiger partial charge in [0.2, 0.25) is 5.91 Å². The fourth-order valence-electron chi connectivity index (χ4n) is 2.85. The predicted molar refractivity (Wildman–Crippen MR) is 84.5 cm³/mol. The SMILES string of the molecule is CN(C)C[C@@]1(O)CCN(C(=O)CCc2ccc(Cl)cc2)C1. The van der Waals surface area contributed by atoms with E-state index in [1.165, 1.54) is 0 Å². The summed E-state index contributed by atoms with van der Waals surface area (Å²) in [5.74, 6) is 0.111. The lowest BCUT2D eigenvalue weighted by molar-refractivity contribution is -0.131. The first kappa shape index (κ1) is 16.3. The van der Waals surface area contributed by atoms with Crippen molar-refractivity contribution in [1.29, 1.82) is 0 Å². The molecule has 1 amide bonds. The van der Waals surface area contributed by atoms with E-state index in [1.54, 1.807) is 4.90 Å². The molecular formula is C16H23ClN2O2. The van der Waals surface area contributed by atoms with E-state index in [1.807, 2.05) is 43.3 Å². The van der Waals surface area contributed by atoms with Crippen LogP contribution >= 0.6 is 11.6 Å². The van der Waals surface area contributed by atoms with E-state index in [0.717, 1.165) is 5.56 Å². The Bertz CT molecular complexity index is 490. The molecule has 4 nitrogen and oxygen atoms in total. The van der Waals surface area contributed by atoms with Crippen molar-refractivity contribution in [1.82, 2.24) is 9.80 Å². The summed E-state index contributed by atoms with van der Waals surface area (Å²) in [5.41, 5.74) is 0.342. The zero-order valence-electron chi connectivity index (χ0n) is 12.7. The highest BCUT2D eigenvalue weighted by atomic mass is 35.5. The van der Waals surface area contributed by atoms with Gasteiger partial charge in [-0.3, -0.25) is 4.79 Å². The Hall–Kier alpha value is -1.10. The fraction of sp³-hybridized carbons (Fsp3) is 0.562. The van der Waals surface area contributed by atoms with Gasteiger partial charge < -0.3 is 14.9 Å². The van der Waals surface area contributed by atoms with Crippen LogP contribution < -0.4 is 0 Å². The van der Waals surface area contributed by atoms with E-state index in [-0.39, 0.29) is 5.91 Å². The first-order valence-electron chi connectivity index (χ1n) is 7.27. The van der Waals surface area contributed by atoms with E-state index in [4.69, 9.17) is 11.6 Å². The lowest BCUT2D eigenvalue weighted by Crippen LogP contribution is -2.43. The van der Waals surface area contributed by atoms with Gasteiger partial charge in [-0.05, 0) is 44.6 Å². The second kappa shape index (κ2) is 6.77. The summed E-state index contributed by atoms with van der Waals surface area (Å²) in [6, 6.07) is 7.57. The zero-order chi connectivity index (χ0) is 15.5. The van der Waals surface area contributed by atoms with Gasteiger partial charge >= 0.3 is 0 Å². The van der Waals surface area contributed by atoms with E-state index in [2.05, 4.69) is 0 Å². The number of hydrogen-bond donors (Lipinski definition) is 1. The minimum atomic E-state index is -0.764. The normalized spacial score (nSPS) is 22.0. The highest BCUT2D eigenvalue weighted by Gasteiger charge is 2.38. The van der Waals surface area contributed by atoms with Crippen molar-refractivity contribution in [2.24, 2.45) is 0 Å². The van der Waals surface area contributed by atoms with Crippen molar-refractivity contribution >= 4 is 17.5 Å². The van der Waals surface area contributed by atoms with Crippen LogP contribution in [0.4, 0.5) is 0 Å². The molecule has 0 spiro atoms. The van der Waals surface area contributed by atoms with Crippen molar-refractivity contribution in [3.8, 4) is 0 Å². The number of carbonyl (C=O) groups excluding carboxylic acids is 1. The molecule has 1 saturated heterocycles. The van der Waals surface area contributed by atoms with Crippen molar-refractivity contribution in [3.63, 3.8) is 0 Å². The van der Waals surface area contributed by atoms with Gasteiger partial charge in [0.25, 0.3) is 0 Å². The van der Waals surface area contributed by atoms with Crippen LogP contribution in [0.1, 0.15) is 18.4 Å². The number of rotatable bonds is 5. The molecule has 1 heterocycles. The molecule has 2 rings (SSSR count). The zero-order valence-corrected chi connectivity index (χ0v) is 13.4.